The Kier molecular flexibility index (Phi) is 23.1. The first kappa shape index (κ1) is 26.3. The molecule has 0 rings (SSSR count). The minimum Gasteiger partial charge on any atom is -1.00 e. The summed E-state index contributed by atoms with van der Waals surface area (Å²) >= 11 is 0. The van der Waals surface area contributed by atoms with Crippen LogP contribution in [0.5, 0.6) is 0 Å². The molecule has 0 heterocycles. The molecule has 5 nitrogen and oxygen atoms in total. The van der Waals surface area contributed by atoms with E-state index in [1.165, 1.54) is 11.8 Å². The Bertz CT molecular complexity index is 274. The van der Waals surface area contributed by atoms with Gasteiger partial charge in [-0.25, -0.2) is 9.59 Å². The zero-order valence-electron chi connectivity index (χ0n) is 12.7. The first-order valence-electron chi connectivity index (χ1n) is 5.54. The number of esters is 1. The largest absolute Gasteiger partial charge is 1.00 e. The molecular formula is C13H26ClNO4. The molecule has 0 aliphatic carbocycles. The van der Waals surface area contributed by atoms with Gasteiger partial charge in [0.25, 0.3) is 0 Å². The summed E-state index contributed by atoms with van der Waals surface area (Å²) in [5.74, 6) is -1.25. The van der Waals surface area contributed by atoms with Gasteiger partial charge >= 0.3 is 11.9 Å². The molecule has 6 heteroatoms. The molecule has 0 aromatic heterocycles. The van der Waals surface area contributed by atoms with Crippen LogP contribution in [0, 0.1) is 0 Å². The highest BCUT2D eigenvalue weighted by molar-refractivity contribution is 5.86. The maximum Gasteiger partial charge on any atom is 0.333 e. The molecule has 0 aliphatic rings. The van der Waals surface area contributed by atoms with Crippen molar-refractivity contribution < 1.29 is 36.7 Å². The number of rotatable bonds is 3. The van der Waals surface area contributed by atoms with Crippen LogP contribution in [0.1, 0.15) is 20.8 Å². The zero-order valence-corrected chi connectivity index (χ0v) is 13.4. The summed E-state index contributed by atoms with van der Waals surface area (Å²) in [6, 6.07) is 0. The predicted octanol–water partition coefficient (Wildman–Crippen LogP) is -2.46. The van der Waals surface area contributed by atoms with Gasteiger partial charge in [-0.3, -0.25) is 0 Å². The number of carbonyl (C=O) groups is 2. The molecule has 2 N–H and O–H groups in total. The number of carbonyl (C=O) groups excluding carboxylic acids is 1. The summed E-state index contributed by atoms with van der Waals surface area (Å²) in [4.78, 5) is 21.4. The van der Waals surface area contributed by atoms with Crippen molar-refractivity contribution in [3.05, 3.63) is 24.3 Å². The average molecular weight is 296 g/mol. The van der Waals surface area contributed by atoms with Crippen LogP contribution in [0.2, 0.25) is 0 Å². The molecule has 0 unspecified atom stereocenters. The van der Waals surface area contributed by atoms with Crippen LogP contribution in [-0.4, -0.2) is 44.8 Å². The Morgan fingerprint density at radius 3 is 1.42 bits per heavy atom. The molecule has 0 saturated carbocycles. The van der Waals surface area contributed by atoms with Crippen LogP contribution >= 0.6 is 0 Å². The number of aliphatic carboxylic acids is 1. The lowest BCUT2D eigenvalue weighted by Crippen LogP contribution is -3.02. The van der Waals surface area contributed by atoms with Gasteiger partial charge in [0.2, 0.25) is 0 Å². The van der Waals surface area contributed by atoms with Gasteiger partial charge in [0.05, 0.1) is 27.7 Å². The van der Waals surface area contributed by atoms with Gasteiger partial charge in [-0.15, -0.1) is 0 Å². The number of ether oxygens (including phenoxy) is 1. The van der Waals surface area contributed by atoms with Crippen LogP contribution in [0.25, 0.3) is 0 Å². The molecule has 0 spiro atoms. The molecule has 0 aromatic rings. The topological polar surface area (TPSA) is 68.0 Å². The lowest BCUT2D eigenvalue weighted by molar-refractivity contribution is -0.836. The fourth-order valence-electron chi connectivity index (χ4n) is 0.254. The molecule has 0 amide bonds. The minimum absolute atomic E-state index is 0. The molecule has 0 saturated heterocycles. The Balaban J connectivity index is -0.0000000916. The first-order chi connectivity index (χ1) is 8.06. The number of hydrogen-bond acceptors (Lipinski definition) is 3. The first-order valence-corrected chi connectivity index (χ1v) is 5.54. The van der Waals surface area contributed by atoms with E-state index in [4.69, 9.17) is 5.11 Å². The summed E-state index contributed by atoms with van der Waals surface area (Å²) in [5, 5.41) is 7.89. The van der Waals surface area contributed by atoms with Gasteiger partial charge in [0.15, 0.2) is 0 Å². The van der Waals surface area contributed by atoms with Crippen molar-refractivity contribution in [2.75, 3.05) is 27.7 Å². The fourth-order valence-corrected chi connectivity index (χ4v) is 0.254. The third-order valence-electron chi connectivity index (χ3n) is 0.989. The second-order valence-electron chi connectivity index (χ2n) is 4.09. The van der Waals surface area contributed by atoms with Crippen LogP contribution in [0.15, 0.2) is 24.3 Å². The average Bonchev–Trinajstić information content (AvgIpc) is 2.17. The van der Waals surface area contributed by atoms with E-state index < -0.39 is 5.97 Å². The summed E-state index contributed by atoms with van der Waals surface area (Å²) in [6.07, 6.45) is 0. The predicted molar refractivity (Wildman–Crippen MR) is 72.6 cm³/mol. The third kappa shape index (κ3) is 38.4. The van der Waals surface area contributed by atoms with Gasteiger partial charge in [0.1, 0.15) is 0 Å². The summed E-state index contributed by atoms with van der Waals surface area (Å²) < 4.78 is 4.56. The molecule has 0 aromatic carbocycles. The molecule has 0 atom stereocenters. The van der Waals surface area contributed by atoms with Crippen LogP contribution in [0.3, 0.4) is 0 Å². The maximum absolute atomic E-state index is 10.4. The summed E-state index contributed by atoms with van der Waals surface area (Å²) in [5.41, 5.74) is 0.627. The van der Waals surface area contributed by atoms with Crippen LogP contribution in [-0.2, 0) is 14.3 Å². The standard InChI is InChI=1S/C6H10O2.C4H6O2.C3H9N.ClH/c1-4-8-6(7)5(2)3;1-3(2)4(5)6;1-4(2)3;/h2,4H2,1,3H3;1H2,2H3,(H,5,6);1-3H3;1H. The van der Waals surface area contributed by atoms with Gasteiger partial charge in [-0.1, -0.05) is 13.2 Å². The van der Waals surface area contributed by atoms with Gasteiger partial charge in [-0.05, 0) is 20.8 Å². The summed E-state index contributed by atoms with van der Waals surface area (Å²) in [6.45, 7) is 11.8. The van der Waals surface area contributed by atoms with Crippen molar-refractivity contribution in [1.82, 2.24) is 0 Å². The molecular weight excluding hydrogens is 270 g/mol. The fraction of sp³-hybridized carbons (Fsp3) is 0.538. The molecule has 0 aliphatic heterocycles. The quantitative estimate of drug-likeness (QED) is 0.448. The highest BCUT2D eigenvalue weighted by atomic mass is 35.5. The Morgan fingerprint density at radius 1 is 1.11 bits per heavy atom. The van der Waals surface area contributed by atoms with E-state index in [1.807, 2.05) is 0 Å². The number of carboxylic acids is 1. The Morgan fingerprint density at radius 2 is 1.37 bits per heavy atom. The number of halogens is 1. The van der Waals surface area contributed by atoms with Gasteiger partial charge < -0.3 is 27.2 Å². The van der Waals surface area contributed by atoms with E-state index in [2.05, 4.69) is 39.0 Å². The van der Waals surface area contributed by atoms with Crippen molar-refractivity contribution in [2.24, 2.45) is 0 Å². The molecule has 0 fully saturated rings. The lowest BCUT2D eigenvalue weighted by Gasteiger charge is -1.96. The smallest absolute Gasteiger partial charge is 0.333 e. The lowest BCUT2D eigenvalue weighted by atomic mass is 10.4. The molecule has 114 valence electrons. The van der Waals surface area contributed by atoms with Gasteiger partial charge in [0, 0.05) is 11.1 Å². The maximum atomic E-state index is 10.4. The van der Waals surface area contributed by atoms with E-state index in [1.54, 1.807) is 13.8 Å². The third-order valence-corrected chi connectivity index (χ3v) is 0.989. The van der Waals surface area contributed by atoms with E-state index in [0.29, 0.717) is 12.2 Å². The van der Waals surface area contributed by atoms with Gasteiger partial charge in [-0.2, -0.15) is 0 Å². The van der Waals surface area contributed by atoms with Crippen LogP contribution in [0.4, 0.5) is 0 Å². The number of carboxylic acid groups (broad SMARTS) is 1. The van der Waals surface area contributed by atoms with E-state index in [0.717, 1.165) is 0 Å². The Labute approximate surface area is 122 Å². The monoisotopic (exact) mass is 295 g/mol. The molecule has 0 radical (unpaired) electrons. The second kappa shape index (κ2) is 16.7. The van der Waals surface area contributed by atoms with E-state index >= 15 is 0 Å². The van der Waals surface area contributed by atoms with Crippen molar-refractivity contribution in [3.63, 3.8) is 0 Å². The van der Waals surface area contributed by atoms with E-state index in [9.17, 15) is 9.59 Å². The highest BCUT2D eigenvalue weighted by Gasteiger charge is 1.98. The summed E-state index contributed by atoms with van der Waals surface area (Å²) in [7, 11) is 6.25. The van der Waals surface area contributed by atoms with Crippen molar-refractivity contribution in [2.45, 2.75) is 20.8 Å². The van der Waals surface area contributed by atoms with Crippen molar-refractivity contribution >= 4 is 11.9 Å². The van der Waals surface area contributed by atoms with E-state index in [-0.39, 0.29) is 23.9 Å². The number of nitrogens with one attached hydrogen (secondary N) is 1. The number of hydrogen-bond donors (Lipinski definition) is 2. The van der Waals surface area contributed by atoms with Crippen molar-refractivity contribution in [1.29, 1.82) is 0 Å². The Hall–Kier alpha value is -1.33. The molecule has 0 bridgehead atoms. The second-order valence-corrected chi connectivity index (χ2v) is 4.09. The number of quaternary nitrogens is 1. The normalized spacial score (nSPS) is 7.74. The van der Waals surface area contributed by atoms with Crippen molar-refractivity contribution in [3.8, 4) is 0 Å². The highest BCUT2D eigenvalue weighted by Crippen LogP contribution is 1.89. The SMILES string of the molecule is C=C(C)C(=O)O.C=C(C)C(=O)OCC.C[NH+](C)C.[Cl-]. The minimum atomic E-state index is -0.935. The zero-order chi connectivity index (χ0) is 15.3. The van der Waals surface area contributed by atoms with Crippen LogP contribution < -0.4 is 17.3 Å². The molecule has 19 heavy (non-hydrogen) atoms.